The number of benzene rings is 3. The first kappa shape index (κ1) is 19.6. The Morgan fingerprint density at radius 1 is 0.714 bits per heavy atom. The van der Waals surface area contributed by atoms with Crippen molar-refractivity contribution in [2.75, 3.05) is 18.5 Å². The van der Waals surface area contributed by atoms with E-state index in [9.17, 15) is 0 Å². The fraction of sp³-hybridized carbons (Fsp3) is 0.250. The second kappa shape index (κ2) is 10.3. The highest BCUT2D eigenvalue weighted by molar-refractivity contribution is 5.48. The van der Waals surface area contributed by atoms with Gasteiger partial charge < -0.3 is 19.5 Å². The van der Waals surface area contributed by atoms with Crippen molar-refractivity contribution in [1.29, 1.82) is 0 Å². The van der Waals surface area contributed by atoms with Gasteiger partial charge in [-0.3, -0.25) is 0 Å². The molecular weight excluding hydrogens is 350 g/mol. The molecule has 0 atom stereocenters. The highest BCUT2D eigenvalue weighted by atomic mass is 16.5. The number of rotatable bonds is 10. The van der Waals surface area contributed by atoms with Gasteiger partial charge in [-0.15, -0.1) is 0 Å². The lowest BCUT2D eigenvalue weighted by Gasteiger charge is -2.15. The minimum absolute atomic E-state index is 0.156. The van der Waals surface area contributed by atoms with E-state index < -0.39 is 0 Å². The molecule has 146 valence electrons. The lowest BCUT2D eigenvalue weighted by Crippen LogP contribution is -2.09. The van der Waals surface area contributed by atoms with E-state index >= 15 is 0 Å². The largest absolute Gasteiger partial charge is 0.491 e. The summed E-state index contributed by atoms with van der Waals surface area (Å²) in [5.41, 5.74) is 2.17. The van der Waals surface area contributed by atoms with E-state index in [-0.39, 0.29) is 6.10 Å². The predicted molar refractivity (Wildman–Crippen MR) is 113 cm³/mol. The van der Waals surface area contributed by atoms with Crippen molar-refractivity contribution in [3.05, 3.63) is 84.4 Å². The van der Waals surface area contributed by atoms with Crippen LogP contribution in [0.1, 0.15) is 19.4 Å². The summed E-state index contributed by atoms with van der Waals surface area (Å²) >= 11 is 0. The zero-order valence-corrected chi connectivity index (χ0v) is 16.4. The normalized spacial score (nSPS) is 10.5. The van der Waals surface area contributed by atoms with Gasteiger partial charge in [0.25, 0.3) is 0 Å². The molecule has 0 saturated heterocycles. The highest BCUT2D eigenvalue weighted by Crippen LogP contribution is 2.22. The number of ether oxygens (including phenoxy) is 3. The van der Waals surface area contributed by atoms with E-state index in [1.807, 2.05) is 86.6 Å². The number of anilines is 1. The highest BCUT2D eigenvalue weighted by Gasteiger charge is 2.05. The summed E-state index contributed by atoms with van der Waals surface area (Å²) in [5.74, 6) is 2.60. The average Bonchev–Trinajstić information content (AvgIpc) is 2.72. The van der Waals surface area contributed by atoms with Gasteiger partial charge in [-0.1, -0.05) is 36.4 Å². The Kier molecular flexibility index (Phi) is 7.19. The first-order valence-electron chi connectivity index (χ1n) is 9.60. The fourth-order valence-electron chi connectivity index (χ4n) is 2.72. The van der Waals surface area contributed by atoms with E-state index in [0.29, 0.717) is 19.8 Å². The van der Waals surface area contributed by atoms with Gasteiger partial charge in [0.2, 0.25) is 0 Å². The van der Waals surface area contributed by atoms with Gasteiger partial charge >= 0.3 is 0 Å². The van der Waals surface area contributed by atoms with Gasteiger partial charge in [0.1, 0.15) is 30.5 Å². The summed E-state index contributed by atoms with van der Waals surface area (Å²) in [7, 11) is 0. The molecule has 0 aromatic heterocycles. The third-order valence-electron chi connectivity index (χ3n) is 4.04. The first-order chi connectivity index (χ1) is 13.7. The van der Waals surface area contributed by atoms with Crippen LogP contribution in [0.5, 0.6) is 17.2 Å². The standard InChI is InChI=1S/C24H27NO3/c1-19(2)28-24-11-7-6-8-20(24)18-25-21-12-14-23(15-13-21)27-17-16-26-22-9-4-3-5-10-22/h3-15,19,25H,16-18H2,1-2H3. The second-order valence-corrected chi connectivity index (χ2v) is 6.66. The van der Waals surface area contributed by atoms with Crippen LogP contribution in [0.25, 0.3) is 0 Å². The molecule has 3 rings (SSSR count). The molecule has 4 nitrogen and oxygen atoms in total. The van der Waals surface area contributed by atoms with Gasteiger partial charge in [-0.25, -0.2) is 0 Å². The molecular formula is C24H27NO3. The number of nitrogens with one attached hydrogen (secondary N) is 1. The van der Waals surface area contributed by atoms with E-state index in [1.54, 1.807) is 0 Å². The Morgan fingerprint density at radius 2 is 1.32 bits per heavy atom. The van der Waals surface area contributed by atoms with Crippen LogP contribution in [0.3, 0.4) is 0 Å². The number of hydrogen-bond acceptors (Lipinski definition) is 4. The van der Waals surface area contributed by atoms with Crippen molar-refractivity contribution in [1.82, 2.24) is 0 Å². The molecule has 4 heteroatoms. The van der Waals surface area contributed by atoms with E-state index in [1.165, 1.54) is 0 Å². The Morgan fingerprint density at radius 3 is 2.00 bits per heavy atom. The second-order valence-electron chi connectivity index (χ2n) is 6.66. The maximum absolute atomic E-state index is 5.87. The molecule has 3 aromatic rings. The average molecular weight is 377 g/mol. The Bertz CT molecular complexity index is 832. The molecule has 0 aliphatic heterocycles. The van der Waals surface area contributed by atoms with Crippen LogP contribution in [-0.2, 0) is 6.54 Å². The van der Waals surface area contributed by atoms with Crippen LogP contribution in [0.4, 0.5) is 5.69 Å². The predicted octanol–water partition coefficient (Wildman–Crippen LogP) is 5.54. The summed E-state index contributed by atoms with van der Waals surface area (Å²) in [6.45, 7) is 5.79. The zero-order valence-electron chi connectivity index (χ0n) is 16.4. The van der Waals surface area contributed by atoms with Gasteiger partial charge in [0.05, 0.1) is 6.10 Å². The van der Waals surface area contributed by atoms with Crippen molar-refractivity contribution < 1.29 is 14.2 Å². The summed E-state index contributed by atoms with van der Waals surface area (Å²) < 4.78 is 17.2. The van der Waals surface area contributed by atoms with Crippen molar-refractivity contribution in [3.8, 4) is 17.2 Å². The molecule has 0 aliphatic carbocycles. The monoisotopic (exact) mass is 377 g/mol. The molecule has 0 fully saturated rings. The van der Waals surface area contributed by atoms with Gasteiger partial charge in [-0.05, 0) is 56.3 Å². The van der Waals surface area contributed by atoms with E-state index in [0.717, 1.165) is 28.5 Å². The maximum Gasteiger partial charge on any atom is 0.124 e. The zero-order chi connectivity index (χ0) is 19.6. The first-order valence-corrected chi connectivity index (χ1v) is 9.60. The maximum atomic E-state index is 5.87. The van der Waals surface area contributed by atoms with Gasteiger partial charge in [-0.2, -0.15) is 0 Å². The molecule has 0 unspecified atom stereocenters. The van der Waals surface area contributed by atoms with Crippen LogP contribution in [-0.4, -0.2) is 19.3 Å². The van der Waals surface area contributed by atoms with Crippen molar-refractivity contribution in [2.45, 2.75) is 26.5 Å². The molecule has 0 bridgehead atoms. The molecule has 28 heavy (non-hydrogen) atoms. The van der Waals surface area contributed by atoms with Crippen LogP contribution in [0.15, 0.2) is 78.9 Å². The minimum atomic E-state index is 0.156. The molecule has 0 amide bonds. The van der Waals surface area contributed by atoms with Crippen LogP contribution in [0, 0.1) is 0 Å². The molecule has 0 aliphatic rings. The third kappa shape index (κ3) is 6.23. The Labute approximate surface area is 167 Å². The van der Waals surface area contributed by atoms with Crippen LogP contribution in [0.2, 0.25) is 0 Å². The quantitative estimate of drug-likeness (QED) is 0.471. The number of para-hydroxylation sites is 2. The van der Waals surface area contributed by atoms with Crippen molar-refractivity contribution >= 4 is 5.69 Å². The van der Waals surface area contributed by atoms with E-state index in [2.05, 4.69) is 11.4 Å². The van der Waals surface area contributed by atoms with Crippen molar-refractivity contribution in [2.24, 2.45) is 0 Å². The third-order valence-corrected chi connectivity index (χ3v) is 4.04. The topological polar surface area (TPSA) is 39.7 Å². The summed E-state index contributed by atoms with van der Waals surface area (Å²) in [4.78, 5) is 0. The van der Waals surface area contributed by atoms with Crippen molar-refractivity contribution in [3.63, 3.8) is 0 Å². The van der Waals surface area contributed by atoms with Gasteiger partial charge in [0.15, 0.2) is 0 Å². The SMILES string of the molecule is CC(C)Oc1ccccc1CNc1ccc(OCCOc2ccccc2)cc1. The molecule has 1 N–H and O–H groups in total. The molecule has 0 spiro atoms. The molecule has 0 saturated carbocycles. The summed E-state index contributed by atoms with van der Waals surface area (Å²) in [6, 6.07) is 25.8. The minimum Gasteiger partial charge on any atom is -0.491 e. The fourth-order valence-corrected chi connectivity index (χ4v) is 2.72. The lowest BCUT2D eigenvalue weighted by atomic mass is 10.2. The van der Waals surface area contributed by atoms with Crippen LogP contribution < -0.4 is 19.5 Å². The molecule has 3 aromatic carbocycles. The summed E-state index contributed by atoms with van der Waals surface area (Å²) in [6.07, 6.45) is 0.156. The smallest absolute Gasteiger partial charge is 0.124 e. The Balaban J connectivity index is 1.44. The van der Waals surface area contributed by atoms with Crippen LogP contribution >= 0.6 is 0 Å². The van der Waals surface area contributed by atoms with E-state index in [4.69, 9.17) is 14.2 Å². The summed E-state index contributed by atoms with van der Waals surface area (Å²) in [5, 5.41) is 3.43. The molecule has 0 radical (unpaired) electrons. The Hall–Kier alpha value is -3.14. The lowest BCUT2D eigenvalue weighted by molar-refractivity contribution is 0.217. The van der Waals surface area contributed by atoms with Gasteiger partial charge in [0, 0.05) is 17.8 Å². The molecule has 0 heterocycles. The number of hydrogen-bond donors (Lipinski definition) is 1.